The molecule has 0 saturated heterocycles. The van der Waals surface area contributed by atoms with Gasteiger partial charge in [-0.2, -0.15) is 0 Å². The highest BCUT2D eigenvalue weighted by atomic mass is 127. The summed E-state index contributed by atoms with van der Waals surface area (Å²) in [5.74, 6) is 1.41. The number of rotatable bonds is 9. The molecule has 0 unspecified atom stereocenters. The zero-order valence-electron chi connectivity index (χ0n) is 17.7. The monoisotopic (exact) mass is 514 g/mol. The van der Waals surface area contributed by atoms with Gasteiger partial charge < -0.3 is 20.3 Å². The Bertz CT molecular complexity index is 783. The smallest absolute Gasteiger partial charge is 0.191 e. The van der Waals surface area contributed by atoms with E-state index < -0.39 is 0 Å². The van der Waals surface area contributed by atoms with Crippen LogP contribution in [0.4, 0.5) is 4.39 Å². The second kappa shape index (κ2) is 13.4. The Morgan fingerprint density at radius 3 is 2.55 bits per heavy atom. The van der Waals surface area contributed by atoms with E-state index in [4.69, 9.17) is 4.74 Å². The van der Waals surface area contributed by atoms with Crippen LogP contribution in [0.25, 0.3) is 0 Å². The maximum atomic E-state index is 13.2. The minimum atomic E-state index is -0.196. The topological polar surface area (TPSA) is 48.9 Å². The summed E-state index contributed by atoms with van der Waals surface area (Å²) in [7, 11) is 5.80. The number of benzene rings is 2. The van der Waals surface area contributed by atoms with Crippen molar-refractivity contribution >= 4 is 29.9 Å². The lowest BCUT2D eigenvalue weighted by atomic mass is 10.1. The Kier molecular flexibility index (Phi) is 11.6. The number of para-hydroxylation sites is 1. The molecule has 2 N–H and O–H groups in total. The standard InChI is InChI=1S/C22H31FN4O.HI/c1-17-15-20(23)10-9-18(17)11-12-25-22(24-2)26-16-19-7-5-6-8-21(19)28-14-13-27(3)4;/h5-10,15H,11-14,16H2,1-4H3,(H2,24,25,26);1H. The Labute approximate surface area is 190 Å². The van der Waals surface area contributed by atoms with Crippen LogP contribution in [-0.2, 0) is 13.0 Å². The number of aryl methyl sites for hydroxylation is 1. The van der Waals surface area contributed by atoms with E-state index in [2.05, 4.69) is 20.5 Å². The highest BCUT2D eigenvalue weighted by Gasteiger charge is 2.06. The summed E-state index contributed by atoms with van der Waals surface area (Å²) in [5.41, 5.74) is 3.18. The van der Waals surface area contributed by atoms with Crippen molar-refractivity contribution in [1.29, 1.82) is 0 Å². The lowest BCUT2D eigenvalue weighted by molar-refractivity contribution is 0.259. The number of halogens is 2. The minimum absolute atomic E-state index is 0. The molecule has 7 heteroatoms. The first-order chi connectivity index (χ1) is 13.5. The molecule has 0 bridgehead atoms. The van der Waals surface area contributed by atoms with Crippen molar-refractivity contribution in [3.63, 3.8) is 0 Å². The van der Waals surface area contributed by atoms with Gasteiger partial charge in [-0.25, -0.2) is 4.39 Å². The molecule has 160 valence electrons. The number of guanidine groups is 1. The summed E-state index contributed by atoms with van der Waals surface area (Å²) in [6.07, 6.45) is 0.803. The fourth-order valence-electron chi connectivity index (χ4n) is 2.78. The van der Waals surface area contributed by atoms with Crippen LogP contribution in [0.5, 0.6) is 5.75 Å². The first-order valence-electron chi connectivity index (χ1n) is 9.54. The van der Waals surface area contributed by atoms with Gasteiger partial charge in [0, 0.05) is 32.2 Å². The maximum Gasteiger partial charge on any atom is 0.191 e. The van der Waals surface area contributed by atoms with E-state index in [9.17, 15) is 4.39 Å². The molecule has 2 aromatic carbocycles. The van der Waals surface area contributed by atoms with Crippen molar-refractivity contribution in [2.75, 3.05) is 40.8 Å². The fraction of sp³-hybridized carbons (Fsp3) is 0.409. The molecule has 0 fully saturated rings. The second-order valence-corrected chi connectivity index (χ2v) is 6.93. The minimum Gasteiger partial charge on any atom is -0.492 e. The van der Waals surface area contributed by atoms with Crippen molar-refractivity contribution in [1.82, 2.24) is 15.5 Å². The first kappa shape index (κ1) is 25.2. The average Bonchev–Trinajstić information content (AvgIpc) is 2.66. The molecule has 0 amide bonds. The van der Waals surface area contributed by atoms with E-state index >= 15 is 0 Å². The summed E-state index contributed by atoms with van der Waals surface area (Å²) in [6.45, 7) is 4.78. The summed E-state index contributed by atoms with van der Waals surface area (Å²) in [4.78, 5) is 6.37. The van der Waals surface area contributed by atoms with Gasteiger partial charge in [-0.05, 0) is 56.8 Å². The molecule has 29 heavy (non-hydrogen) atoms. The van der Waals surface area contributed by atoms with E-state index in [0.29, 0.717) is 19.7 Å². The van der Waals surface area contributed by atoms with E-state index in [-0.39, 0.29) is 29.8 Å². The van der Waals surface area contributed by atoms with Crippen LogP contribution in [0.3, 0.4) is 0 Å². The van der Waals surface area contributed by atoms with Gasteiger partial charge in [0.05, 0.1) is 0 Å². The highest BCUT2D eigenvalue weighted by molar-refractivity contribution is 14.0. The largest absolute Gasteiger partial charge is 0.492 e. The summed E-state index contributed by atoms with van der Waals surface area (Å²) < 4.78 is 19.1. The van der Waals surface area contributed by atoms with Crippen molar-refractivity contribution in [2.24, 2.45) is 4.99 Å². The quantitative estimate of drug-likeness (QED) is 0.305. The van der Waals surface area contributed by atoms with Gasteiger partial charge in [-0.3, -0.25) is 4.99 Å². The predicted octanol–water partition coefficient (Wildman–Crippen LogP) is 3.60. The molecular weight excluding hydrogens is 482 g/mol. The second-order valence-electron chi connectivity index (χ2n) is 6.93. The predicted molar refractivity (Wildman–Crippen MR) is 129 cm³/mol. The normalized spacial score (nSPS) is 11.2. The van der Waals surface area contributed by atoms with Crippen LogP contribution in [0.1, 0.15) is 16.7 Å². The lowest BCUT2D eigenvalue weighted by Gasteiger charge is -2.16. The van der Waals surface area contributed by atoms with Gasteiger partial charge in [-0.1, -0.05) is 24.3 Å². The molecule has 0 heterocycles. The zero-order valence-corrected chi connectivity index (χ0v) is 20.0. The summed E-state index contributed by atoms with van der Waals surface area (Å²) in [6, 6.07) is 12.9. The lowest BCUT2D eigenvalue weighted by Crippen LogP contribution is -2.38. The first-order valence-corrected chi connectivity index (χ1v) is 9.54. The maximum absolute atomic E-state index is 13.2. The third kappa shape index (κ3) is 8.99. The fourth-order valence-corrected chi connectivity index (χ4v) is 2.78. The van der Waals surface area contributed by atoms with Crippen molar-refractivity contribution in [2.45, 2.75) is 19.9 Å². The third-order valence-corrected chi connectivity index (χ3v) is 4.43. The van der Waals surface area contributed by atoms with Crippen LogP contribution < -0.4 is 15.4 Å². The van der Waals surface area contributed by atoms with Gasteiger partial charge in [0.15, 0.2) is 5.96 Å². The average molecular weight is 514 g/mol. The number of aliphatic imine (C=N–C) groups is 1. The van der Waals surface area contributed by atoms with Crippen molar-refractivity contribution < 1.29 is 9.13 Å². The van der Waals surface area contributed by atoms with E-state index in [1.165, 1.54) is 6.07 Å². The molecule has 0 atom stereocenters. The molecule has 5 nitrogen and oxygen atoms in total. The molecule has 0 spiro atoms. The van der Waals surface area contributed by atoms with Crippen LogP contribution in [0.15, 0.2) is 47.5 Å². The van der Waals surface area contributed by atoms with Gasteiger partial charge in [0.25, 0.3) is 0 Å². The molecule has 2 rings (SSSR count). The summed E-state index contributed by atoms with van der Waals surface area (Å²) >= 11 is 0. The van der Waals surface area contributed by atoms with E-state index in [1.54, 1.807) is 13.1 Å². The van der Waals surface area contributed by atoms with Crippen LogP contribution in [0.2, 0.25) is 0 Å². The third-order valence-electron chi connectivity index (χ3n) is 4.43. The van der Waals surface area contributed by atoms with Gasteiger partial charge in [-0.15, -0.1) is 24.0 Å². The van der Waals surface area contributed by atoms with E-state index in [1.807, 2.05) is 51.4 Å². The molecule has 0 radical (unpaired) electrons. The molecule has 0 aromatic heterocycles. The van der Waals surface area contributed by atoms with Crippen molar-refractivity contribution in [3.05, 3.63) is 65.0 Å². The number of hydrogen-bond donors (Lipinski definition) is 2. The van der Waals surface area contributed by atoms with E-state index in [0.717, 1.165) is 41.4 Å². The molecule has 2 aromatic rings. The number of likely N-dealkylation sites (N-methyl/N-ethyl adjacent to an activating group) is 1. The van der Waals surface area contributed by atoms with Gasteiger partial charge in [0.2, 0.25) is 0 Å². The molecule has 0 saturated carbocycles. The van der Waals surface area contributed by atoms with Crippen molar-refractivity contribution in [3.8, 4) is 5.75 Å². The molecule has 0 aliphatic rings. The summed E-state index contributed by atoms with van der Waals surface area (Å²) in [5, 5.41) is 6.63. The van der Waals surface area contributed by atoms with Crippen LogP contribution in [-0.4, -0.2) is 51.7 Å². The van der Waals surface area contributed by atoms with Crippen LogP contribution >= 0.6 is 24.0 Å². The SMILES string of the molecule is CN=C(NCCc1ccc(F)cc1C)NCc1ccccc1OCCN(C)C.I. The van der Waals surface area contributed by atoms with Gasteiger partial charge >= 0.3 is 0 Å². The van der Waals surface area contributed by atoms with Gasteiger partial charge in [0.1, 0.15) is 18.2 Å². The number of nitrogens with one attached hydrogen (secondary N) is 2. The number of ether oxygens (including phenoxy) is 1. The Balaban J connectivity index is 0.00000420. The number of hydrogen-bond acceptors (Lipinski definition) is 3. The molecule has 0 aliphatic carbocycles. The Hall–Kier alpha value is -1.87. The molecule has 0 aliphatic heterocycles. The Morgan fingerprint density at radius 2 is 1.86 bits per heavy atom. The number of nitrogens with zero attached hydrogens (tertiary/aromatic N) is 2. The Morgan fingerprint density at radius 1 is 1.10 bits per heavy atom. The highest BCUT2D eigenvalue weighted by Crippen LogP contribution is 2.17. The van der Waals surface area contributed by atoms with Crippen LogP contribution in [0, 0.1) is 12.7 Å². The molecular formula is C22H32FIN4O. The zero-order chi connectivity index (χ0) is 20.4.